The Kier molecular flexibility index (Phi) is 4.81. The van der Waals surface area contributed by atoms with E-state index in [9.17, 15) is 9.59 Å². The fourth-order valence-electron chi connectivity index (χ4n) is 1.72. The average Bonchev–Trinajstić information content (AvgIpc) is 2.25. The molecule has 0 spiro atoms. The molecule has 1 amide bonds. The largest absolute Gasteiger partial charge is 0.444 e. The van der Waals surface area contributed by atoms with E-state index in [1.54, 1.807) is 39.8 Å². The molecule has 0 fully saturated rings. The van der Waals surface area contributed by atoms with Crippen molar-refractivity contribution in [3.63, 3.8) is 0 Å². The summed E-state index contributed by atoms with van der Waals surface area (Å²) in [7, 11) is 0. The van der Waals surface area contributed by atoms with Crippen LogP contribution in [0.2, 0.25) is 5.02 Å². The Hall–Kier alpha value is -1.55. The lowest BCUT2D eigenvalue weighted by Crippen LogP contribution is -2.47. The molecule has 0 bridgehead atoms. The lowest BCUT2D eigenvalue weighted by molar-refractivity contribution is -0.113. The number of aryl methyl sites for hydroxylation is 1. The van der Waals surface area contributed by atoms with Crippen LogP contribution in [0.1, 0.15) is 38.8 Å². The molecular formula is C15H20ClNO3. The van der Waals surface area contributed by atoms with Gasteiger partial charge in [0.05, 0.1) is 0 Å². The van der Waals surface area contributed by atoms with Crippen LogP contribution in [0, 0.1) is 6.92 Å². The number of carbonyl (C=O) groups excluding carboxylic acids is 2. The predicted molar refractivity (Wildman–Crippen MR) is 79.0 cm³/mol. The summed E-state index contributed by atoms with van der Waals surface area (Å²) < 4.78 is 5.17. The maximum atomic E-state index is 11.8. The lowest BCUT2D eigenvalue weighted by atomic mass is 9.93. The molecule has 0 saturated heterocycles. The van der Waals surface area contributed by atoms with Gasteiger partial charge in [0.25, 0.3) is 0 Å². The molecule has 1 aromatic carbocycles. The normalized spacial score (nSPS) is 14.3. The second kappa shape index (κ2) is 5.83. The molecule has 4 nitrogen and oxygen atoms in total. The Labute approximate surface area is 124 Å². The second-order valence-electron chi connectivity index (χ2n) is 5.93. The van der Waals surface area contributed by atoms with Crippen molar-refractivity contribution in [1.82, 2.24) is 5.32 Å². The number of ether oxygens (including phenoxy) is 1. The Morgan fingerprint density at radius 3 is 2.35 bits per heavy atom. The van der Waals surface area contributed by atoms with Crippen LogP contribution in [0.25, 0.3) is 0 Å². The molecule has 0 radical (unpaired) electrons. The van der Waals surface area contributed by atoms with Crippen LogP contribution >= 0.6 is 11.6 Å². The molecule has 0 aromatic heterocycles. The molecule has 5 heteroatoms. The van der Waals surface area contributed by atoms with Crippen molar-refractivity contribution < 1.29 is 14.3 Å². The van der Waals surface area contributed by atoms with Crippen LogP contribution in [0.4, 0.5) is 4.79 Å². The highest BCUT2D eigenvalue weighted by Crippen LogP contribution is 2.28. The maximum absolute atomic E-state index is 11.8. The maximum Gasteiger partial charge on any atom is 0.408 e. The van der Waals surface area contributed by atoms with Crippen molar-refractivity contribution in [2.75, 3.05) is 0 Å². The molecule has 20 heavy (non-hydrogen) atoms. The van der Waals surface area contributed by atoms with E-state index in [0.29, 0.717) is 16.9 Å². The van der Waals surface area contributed by atoms with Gasteiger partial charge in [-0.3, -0.25) is 0 Å². The third-order valence-electron chi connectivity index (χ3n) is 2.68. The van der Waals surface area contributed by atoms with Gasteiger partial charge in [0, 0.05) is 10.6 Å². The Bertz CT molecular complexity index is 522. The summed E-state index contributed by atoms with van der Waals surface area (Å²) in [6.07, 6.45) is -0.0169. The van der Waals surface area contributed by atoms with Crippen molar-refractivity contribution in [2.45, 2.75) is 45.8 Å². The molecular weight excluding hydrogens is 278 g/mol. The summed E-state index contributed by atoms with van der Waals surface area (Å²) in [5.41, 5.74) is -0.354. The summed E-state index contributed by atoms with van der Waals surface area (Å²) >= 11 is 6.16. The number of nitrogens with one attached hydrogen (secondary N) is 1. The Morgan fingerprint density at radius 2 is 1.90 bits per heavy atom. The minimum Gasteiger partial charge on any atom is -0.444 e. The first-order chi connectivity index (χ1) is 9.07. The molecule has 1 atom stereocenters. The lowest BCUT2D eigenvalue weighted by Gasteiger charge is -2.28. The quantitative estimate of drug-likeness (QED) is 0.868. The van der Waals surface area contributed by atoms with Crippen molar-refractivity contribution in [2.24, 2.45) is 0 Å². The van der Waals surface area contributed by atoms with E-state index in [1.165, 1.54) is 0 Å². The van der Waals surface area contributed by atoms with Crippen LogP contribution < -0.4 is 5.32 Å². The SMILES string of the molecule is Cc1ccc(C(C)(C=O)NC(=O)OC(C)(C)C)c(Cl)c1. The number of carbonyl (C=O) groups is 2. The van der Waals surface area contributed by atoms with E-state index in [-0.39, 0.29) is 0 Å². The first-order valence-corrected chi connectivity index (χ1v) is 6.69. The van der Waals surface area contributed by atoms with Gasteiger partial charge < -0.3 is 14.8 Å². The molecule has 1 N–H and O–H groups in total. The Morgan fingerprint density at radius 1 is 1.30 bits per heavy atom. The third kappa shape index (κ3) is 4.23. The fourth-order valence-corrected chi connectivity index (χ4v) is 2.15. The van der Waals surface area contributed by atoms with E-state index in [4.69, 9.17) is 16.3 Å². The first kappa shape index (κ1) is 16.5. The van der Waals surface area contributed by atoms with Crippen LogP contribution in [-0.2, 0) is 15.1 Å². The third-order valence-corrected chi connectivity index (χ3v) is 2.99. The minimum absolute atomic E-state index is 0.427. The summed E-state index contributed by atoms with van der Waals surface area (Å²) in [6, 6.07) is 5.30. The van der Waals surface area contributed by atoms with E-state index in [1.807, 2.05) is 13.0 Å². The zero-order valence-corrected chi connectivity index (χ0v) is 13.2. The summed E-state index contributed by atoms with van der Waals surface area (Å²) in [4.78, 5) is 23.3. The van der Waals surface area contributed by atoms with Crippen molar-refractivity contribution in [3.05, 3.63) is 34.3 Å². The predicted octanol–water partition coefficient (Wildman–Crippen LogP) is 3.59. The van der Waals surface area contributed by atoms with Crippen molar-refractivity contribution in [1.29, 1.82) is 0 Å². The molecule has 0 heterocycles. The van der Waals surface area contributed by atoms with Gasteiger partial charge in [0.1, 0.15) is 17.4 Å². The van der Waals surface area contributed by atoms with Crippen molar-refractivity contribution >= 4 is 24.0 Å². The van der Waals surface area contributed by atoms with Crippen LogP contribution in [0.3, 0.4) is 0 Å². The van der Waals surface area contributed by atoms with Crippen LogP contribution in [0.5, 0.6) is 0 Å². The number of aldehydes is 1. The highest BCUT2D eigenvalue weighted by molar-refractivity contribution is 6.31. The van der Waals surface area contributed by atoms with Gasteiger partial charge in [0.2, 0.25) is 0 Å². The molecule has 0 aliphatic carbocycles. The van der Waals surface area contributed by atoms with Gasteiger partial charge in [-0.15, -0.1) is 0 Å². The Balaban J connectivity index is 3.03. The van der Waals surface area contributed by atoms with Crippen LogP contribution in [0.15, 0.2) is 18.2 Å². The fraction of sp³-hybridized carbons (Fsp3) is 0.467. The zero-order valence-electron chi connectivity index (χ0n) is 12.4. The zero-order chi connectivity index (χ0) is 15.6. The number of rotatable bonds is 3. The van der Waals surface area contributed by atoms with E-state index in [0.717, 1.165) is 5.56 Å². The molecule has 110 valence electrons. The van der Waals surface area contributed by atoms with E-state index < -0.39 is 17.2 Å². The molecule has 0 saturated carbocycles. The highest BCUT2D eigenvalue weighted by Gasteiger charge is 2.32. The summed E-state index contributed by atoms with van der Waals surface area (Å²) in [5.74, 6) is 0. The van der Waals surface area contributed by atoms with Crippen LogP contribution in [-0.4, -0.2) is 18.0 Å². The average molecular weight is 298 g/mol. The van der Waals surface area contributed by atoms with E-state index in [2.05, 4.69) is 5.32 Å². The van der Waals surface area contributed by atoms with Gasteiger partial charge in [0.15, 0.2) is 0 Å². The highest BCUT2D eigenvalue weighted by atomic mass is 35.5. The monoisotopic (exact) mass is 297 g/mol. The topological polar surface area (TPSA) is 55.4 Å². The number of hydrogen-bond donors (Lipinski definition) is 1. The number of benzene rings is 1. The molecule has 0 aliphatic rings. The van der Waals surface area contributed by atoms with Gasteiger partial charge >= 0.3 is 6.09 Å². The first-order valence-electron chi connectivity index (χ1n) is 6.31. The number of hydrogen-bond acceptors (Lipinski definition) is 3. The number of alkyl carbamates (subject to hydrolysis) is 1. The van der Waals surface area contributed by atoms with Gasteiger partial charge in [-0.2, -0.15) is 0 Å². The minimum atomic E-state index is -1.23. The smallest absolute Gasteiger partial charge is 0.408 e. The van der Waals surface area contributed by atoms with Gasteiger partial charge in [-0.05, 0) is 46.2 Å². The molecule has 1 rings (SSSR count). The standard InChI is InChI=1S/C15H20ClNO3/c1-10-6-7-11(12(16)8-10)15(5,9-18)17-13(19)20-14(2,3)4/h6-9H,1-5H3,(H,17,19). The summed E-state index contributed by atoms with van der Waals surface area (Å²) in [6.45, 7) is 8.74. The van der Waals surface area contributed by atoms with Gasteiger partial charge in [-0.25, -0.2) is 4.79 Å². The number of halogens is 1. The number of amides is 1. The molecule has 1 aromatic rings. The van der Waals surface area contributed by atoms with Crippen molar-refractivity contribution in [3.8, 4) is 0 Å². The molecule has 0 aliphatic heterocycles. The second-order valence-corrected chi connectivity index (χ2v) is 6.34. The summed E-state index contributed by atoms with van der Waals surface area (Å²) in [5, 5.41) is 2.99. The van der Waals surface area contributed by atoms with Gasteiger partial charge in [-0.1, -0.05) is 23.7 Å². The van der Waals surface area contributed by atoms with E-state index >= 15 is 0 Å². The molecule has 1 unspecified atom stereocenters.